The first-order valence-corrected chi connectivity index (χ1v) is 6.16. The second-order valence-electron chi connectivity index (χ2n) is 5.55. The molecular formula is C11H20BNO3. The lowest BCUT2D eigenvalue weighted by molar-refractivity contribution is -0.146. The van der Waals surface area contributed by atoms with E-state index >= 15 is 0 Å². The molecule has 0 aromatic heterocycles. The summed E-state index contributed by atoms with van der Waals surface area (Å²) in [5.41, 5.74) is 5.10. The summed E-state index contributed by atoms with van der Waals surface area (Å²) in [5, 5.41) is 18.5. The highest BCUT2D eigenvalue weighted by Gasteiger charge is 2.64. The van der Waals surface area contributed by atoms with E-state index in [9.17, 15) is 14.9 Å². The van der Waals surface area contributed by atoms with Gasteiger partial charge in [-0.3, -0.25) is 4.79 Å². The van der Waals surface area contributed by atoms with Crippen LogP contribution in [0.4, 0.5) is 0 Å². The molecule has 4 atom stereocenters. The van der Waals surface area contributed by atoms with Gasteiger partial charge < -0.3 is 15.9 Å². The molecule has 0 aromatic rings. The van der Waals surface area contributed by atoms with Gasteiger partial charge >= 0.3 is 5.97 Å². The van der Waals surface area contributed by atoms with E-state index in [0.29, 0.717) is 5.92 Å². The third-order valence-corrected chi connectivity index (χ3v) is 4.34. The van der Waals surface area contributed by atoms with Crippen LogP contribution < -0.4 is 5.73 Å². The molecule has 0 amide bonds. The Labute approximate surface area is 96.3 Å². The van der Waals surface area contributed by atoms with E-state index < -0.39 is 11.5 Å². The standard InChI is InChI=1S/C11H20BNO3/c1-12(16)4-2-3-8-5-7-6-9(7)11(8,13)10(14)15/h7-9,16H,2-6,13H2,1H3,(H,14,15). The van der Waals surface area contributed by atoms with Crippen LogP contribution in [0, 0.1) is 17.8 Å². The minimum Gasteiger partial charge on any atom is -0.480 e. The van der Waals surface area contributed by atoms with E-state index in [1.165, 1.54) is 0 Å². The summed E-state index contributed by atoms with van der Waals surface area (Å²) in [7, 11) is 0. The highest BCUT2D eigenvalue weighted by Crippen LogP contribution is 2.60. The van der Waals surface area contributed by atoms with Gasteiger partial charge in [0.05, 0.1) is 0 Å². The van der Waals surface area contributed by atoms with Crippen LogP contribution in [0.1, 0.15) is 25.7 Å². The van der Waals surface area contributed by atoms with Crippen molar-refractivity contribution in [2.45, 2.75) is 44.4 Å². The molecule has 2 rings (SSSR count). The van der Waals surface area contributed by atoms with Crippen LogP contribution >= 0.6 is 0 Å². The van der Waals surface area contributed by atoms with Crippen LogP contribution in [-0.2, 0) is 4.79 Å². The average Bonchev–Trinajstić information content (AvgIpc) is 2.89. The summed E-state index contributed by atoms with van der Waals surface area (Å²) < 4.78 is 0. The Morgan fingerprint density at radius 3 is 2.81 bits per heavy atom. The minimum atomic E-state index is -0.983. The molecule has 4 nitrogen and oxygen atoms in total. The number of carbonyl (C=O) groups is 1. The molecular weight excluding hydrogens is 205 g/mol. The highest BCUT2D eigenvalue weighted by molar-refractivity contribution is 6.48. The fourth-order valence-corrected chi connectivity index (χ4v) is 3.31. The maximum absolute atomic E-state index is 11.3. The van der Waals surface area contributed by atoms with Crippen molar-refractivity contribution in [2.75, 3.05) is 0 Å². The van der Waals surface area contributed by atoms with Crippen molar-refractivity contribution in [3.05, 3.63) is 0 Å². The minimum absolute atomic E-state index is 0.104. The summed E-state index contributed by atoms with van der Waals surface area (Å²) in [6, 6.07) is 0. The second kappa shape index (κ2) is 4.04. The number of rotatable bonds is 5. The van der Waals surface area contributed by atoms with Crippen molar-refractivity contribution < 1.29 is 14.9 Å². The fraction of sp³-hybridized carbons (Fsp3) is 0.909. The van der Waals surface area contributed by atoms with E-state index in [-0.39, 0.29) is 18.8 Å². The maximum Gasteiger partial charge on any atom is 0.324 e. The Balaban J connectivity index is 1.92. The lowest BCUT2D eigenvalue weighted by Crippen LogP contribution is -2.54. The summed E-state index contributed by atoms with van der Waals surface area (Å²) in [4.78, 5) is 11.3. The lowest BCUT2D eigenvalue weighted by atomic mass is 9.66. The normalized spacial score (nSPS) is 40.6. The van der Waals surface area contributed by atoms with Gasteiger partial charge in [-0.15, -0.1) is 0 Å². The third kappa shape index (κ3) is 1.86. The van der Waals surface area contributed by atoms with Gasteiger partial charge in [-0.05, 0) is 43.3 Å². The zero-order valence-electron chi connectivity index (χ0n) is 9.72. The Bertz CT molecular complexity index is 297. The Morgan fingerprint density at radius 1 is 1.56 bits per heavy atom. The first-order valence-electron chi connectivity index (χ1n) is 6.16. The molecule has 90 valence electrons. The van der Waals surface area contributed by atoms with Gasteiger partial charge in [-0.25, -0.2) is 0 Å². The van der Waals surface area contributed by atoms with Gasteiger partial charge in [0.1, 0.15) is 5.54 Å². The Morgan fingerprint density at radius 2 is 2.25 bits per heavy atom. The van der Waals surface area contributed by atoms with Crippen LogP contribution in [0.3, 0.4) is 0 Å². The third-order valence-electron chi connectivity index (χ3n) is 4.34. The van der Waals surface area contributed by atoms with Crippen LogP contribution in [0.2, 0.25) is 13.1 Å². The molecule has 0 radical (unpaired) electrons. The van der Waals surface area contributed by atoms with Crippen molar-refractivity contribution in [1.82, 2.24) is 0 Å². The quantitative estimate of drug-likeness (QED) is 0.605. The van der Waals surface area contributed by atoms with E-state index in [4.69, 9.17) is 5.73 Å². The van der Waals surface area contributed by atoms with E-state index in [2.05, 4.69) is 0 Å². The molecule has 5 heteroatoms. The summed E-state index contributed by atoms with van der Waals surface area (Å²) >= 11 is 0. The van der Waals surface area contributed by atoms with Crippen LogP contribution in [0.25, 0.3) is 0 Å². The molecule has 4 unspecified atom stereocenters. The molecule has 2 aliphatic rings. The fourth-order valence-electron chi connectivity index (χ4n) is 3.31. The van der Waals surface area contributed by atoms with Crippen molar-refractivity contribution in [3.63, 3.8) is 0 Å². The first kappa shape index (κ1) is 11.9. The van der Waals surface area contributed by atoms with Crippen LogP contribution in [0.15, 0.2) is 0 Å². The van der Waals surface area contributed by atoms with Gasteiger partial charge in [0, 0.05) is 0 Å². The number of nitrogens with two attached hydrogens (primary N) is 1. The van der Waals surface area contributed by atoms with Gasteiger partial charge in [0.2, 0.25) is 0 Å². The zero-order chi connectivity index (χ0) is 11.9. The number of hydrogen-bond acceptors (Lipinski definition) is 3. The number of fused-ring (bicyclic) bond motifs is 1. The molecule has 2 saturated carbocycles. The summed E-state index contributed by atoms with van der Waals surface area (Å²) in [6.07, 6.45) is 4.40. The number of aliphatic carboxylic acids is 1. The Kier molecular flexibility index (Phi) is 3.01. The molecule has 2 fully saturated rings. The number of carboxylic acids is 1. The molecule has 0 aromatic carbocycles. The SMILES string of the molecule is CB(O)CCCC1CC2CC2C1(N)C(=O)O. The summed E-state index contributed by atoms with van der Waals surface area (Å²) in [6.45, 7) is 1.46. The number of hydrogen-bond donors (Lipinski definition) is 3. The molecule has 2 aliphatic carbocycles. The molecule has 0 aliphatic heterocycles. The van der Waals surface area contributed by atoms with Crippen molar-refractivity contribution in [1.29, 1.82) is 0 Å². The predicted octanol–water partition coefficient (Wildman–Crippen LogP) is 0.818. The smallest absolute Gasteiger partial charge is 0.324 e. The van der Waals surface area contributed by atoms with E-state index in [0.717, 1.165) is 32.0 Å². The van der Waals surface area contributed by atoms with E-state index in [1.54, 1.807) is 6.82 Å². The predicted molar refractivity (Wildman–Crippen MR) is 62.1 cm³/mol. The molecule has 0 saturated heterocycles. The molecule has 4 N–H and O–H groups in total. The highest BCUT2D eigenvalue weighted by atomic mass is 16.4. The van der Waals surface area contributed by atoms with Crippen LogP contribution in [-0.4, -0.2) is 28.6 Å². The first-order chi connectivity index (χ1) is 7.46. The van der Waals surface area contributed by atoms with Gasteiger partial charge in [-0.2, -0.15) is 0 Å². The Hall–Kier alpha value is -0.545. The van der Waals surface area contributed by atoms with E-state index in [1.807, 2.05) is 0 Å². The van der Waals surface area contributed by atoms with Crippen molar-refractivity contribution in [3.8, 4) is 0 Å². The average molecular weight is 225 g/mol. The molecule has 0 heterocycles. The molecule has 16 heavy (non-hydrogen) atoms. The maximum atomic E-state index is 11.3. The van der Waals surface area contributed by atoms with Crippen molar-refractivity contribution >= 4 is 12.9 Å². The zero-order valence-corrected chi connectivity index (χ0v) is 9.72. The van der Waals surface area contributed by atoms with Crippen molar-refractivity contribution in [2.24, 2.45) is 23.5 Å². The van der Waals surface area contributed by atoms with Gasteiger partial charge in [-0.1, -0.05) is 13.2 Å². The largest absolute Gasteiger partial charge is 0.480 e. The topological polar surface area (TPSA) is 83.5 Å². The molecule has 0 spiro atoms. The van der Waals surface area contributed by atoms with Crippen LogP contribution in [0.5, 0.6) is 0 Å². The van der Waals surface area contributed by atoms with Gasteiger partial charge in [0.25, 0.3) is 6.92 Å². The van der Waals surface area contributed by atoms with Gasteiger partial charge in [0.15, 0.2) is 0 Å². The molecule has 0 bridgehead atoms. The second-order valence-corrected chi connectivity index (χ2v) is 5.55. The number of carboxylic acid groups (broad SMARTS) is 1. The lowest BCUT2D eigenvalue weighted by Gasteiger charge is -2.29. The monoisotopic (exact) mass is 225 g/mol. The summed E-state index contributed by atoms with van der Waals surface area (Å²) in [5.74, 6) is 0.0336.